The SMILES string of the molecule is CC(C)(C)OC(=O)NC1CCN(c2ncc(F)cn2)CC1. The number of carbonyl (C=O) groups is 1. The van der Waals surface area contributed by atoms with Gasteiger partial charge in [-0.3, -0.25) is 0 Å². The first-order chi connectivity index (χ1) is 9.83. The van der Waals surface area contributed by atoms with E-state index in [1.165, 1.54) is 0 Å². The van der Waals surface area contributed by atoms with Crippen molar-refractivity contribution in [1.82, 2.24) is 15.3 Å². The first-order valence-corrected chi connectivity index (χ1v) is 7.05. The molecule has 1 N–H and O–H groups in total. The van der Waals surface area contributed by atoms with E-state index in [0.29, 0.717) is 19.0 Å². The summed E-state index contributed by atoms with van der Waals surface area (Å²) in [5, 5.41) is 2.87. The highest BCUT2D eigenvalue weighted by atomic mass is 19.1. The van der Waals surface area contributed by atoms with Crippen molar-refractivity contribution in [1.29, 1.82) is 0 Å². The Bertz CT molecular complexity index is 479. The number of nitrogens with one attached hydrogen (secondary N) is 1. The number of piperidine rings is 1. The topological polar surface area (TPSA) is 67.3 Å². The third-order valence-corrected chi connectivity index (χ3v) is 3.11. The lowest BCUT2D eigenvalue weighted by Crippen LogP contribution is -2.46. The normalized spacial score (nSPS) is 16.7. The highest BCUT2D eigenvalue weighted by Gasteiger charge is 2.24. The molecule has 21 heavy (non-hydrogen) atoms. The fraction of sp³-hybridized carbons (Fsp3) is 0.643. The van der Waals surface area contributed by atoms with Gasteiger partial charge in [-0.25, -0.2) is 19.2 Å². The first-order valence-electron chi connectivity index (χ1n) is 7.05. The van der Waals surface area contributed by atoms with Crippen LogP contribution in [0.1, 0.15) is 33.6 Å². The Morgan fingerprint density at radius 2 is 1.90 bits per heavy atom. The average Bonchev–Trinajstić information content (AvgIpc) is 2.38. The van der Waals surface area contributed by atoms with E-state index in [2.05, 4.69) is 15.3 Å². The van der Waals surface area contributed by atoms with Crippen LogP contribution < -0.4 is 10.2 Å². The molecule has 0 atom stereocenters. The summed E-state index contributed by atoms with van der Waals surface area (Å²) in [7, 11) is 0. The molecule has 0 saturated carbocycles. The number of nitrogens with zero attached hydrogens (tertiary/aromatic N) is 3. The number of ether oxygens (including phenoxy) is 1. The fourth-order valence-electron chi connectivity index (χ4n) is 2.17. The molecule has 1 saturated heterocycles. The van der Waals surface area contributed by atoms with Crippen molar-refractivity contribution in [2.24, 2.45) is 0 Å². The summed E-state index contributed by atoms with van der Waals surface area (Å²) in [5.74, 6) is 0.0762. The molecule has 1 amide bonds. The molecule has 1 aromatic heterocycles. The summed E-state index contributed by atoms with van der Waals surface area (Å²) < 4.78 is 18.0. The molecule has 7 heteroatoms. The van der Waals surface area contributed by atoms with E-state index in [1.807, 2.05) is 25.7 Å². The second kappa shape index (κ2) is 6.24. The summed E-state index contributed by atoms with van der Waals surface area (Å²) in [4.78, 5) is 21.6. The van der Waals surface area contributed by atoms with Gasteiger partial charge in [0.05, 0.1) is 12.4 Å². The molecule has 2 heterocycles. The van der Waals surface area contributed by atoms with Crippen LogP contribution in [-0.2, 0) is 4.74 Å². The Kier molecular flexibility index (Phi) is 4.59. The van der Waals surface area contributed by atoms with Crippen molar-refractivity contribution in [3.8, 4) is 0 Å². The average molecular weight is 296 g/mol. The Morgan fingerprint density at radius 3 is 2.43 bits per heavy atom. The molecule has 0 unspecified atom stereocenters. The van der Waals surface area contributed by atoms with Gasteiger partial charge in [-0.1, -0.05) is 0 Å². The molecule has 1 aromatic rings. The number of halogens is 1. The van der Waals surface area contributed by atoms with Crippen LogP contribution in [0, 0.1) is 5.82 Å². The smallest absolute Gasteiger partial charge is 0.407 e. The quantitative estimate of drug-likeness (QED) is 0.905. The molecule has 1 fully saturated rings. The molecule has 0 aliphatic carbocycles. The lowest BCUT2D eigenvalue weighted by Gasteiger charge is -2.32. The second-order valence-corrected chi connectivity index (χ2v) is 6.11. The molecule has 6 nitrogen and oxygen atoms in total. The van der Waals surface area contributed by atoms with Crippen LogP contribution in [0.2, 0.25) is 0 Å². The maximum absolute atomic E-state index is 12.8. The van der Waals surface area contributed by atoms with Gasteiger partial charge < -0.3 is 15.0 Å². The van der Waals surface area contributed by atoms with Crippen LogP contribution >= 0.6 is 0 Å². The minimum Gasteiger partial charge on any atom is -0.444 e. The molecule has 0 aromatic carbocycles. The maximum Gasteiger partial charge on any atom is 0.407 e. The van der Waals surface area contributed by atoms with Crippen molar-refractivity contribution in [3.63, 3.8) is 0 Å². The standard InChI is InChI=1S/C14H21FN4O2/c1-14(2,3)21-13(20)18-11-4-6-19(7-5-11)12-16-8-10(15)9-17-12/h8-9,11H,4-7H2,1-3H3,(H,18,20). The van der Waals surface area contributed by atoms with Gasteiger partial charge >= 0.3 is 6.09 Å². The zero-order valence-corrected chi connectivity index (χ0v) is 12.6. The Morgan fingerprint density at radius 1 is 1.33 bits per heavy atom. The minimum atomic E-state index is -0.493. The Hall–Kier alpha value is -1.92. The van der Waals surface area contributed by atoms with Crippen LogP contribution in [0.25, 0.3) is 0 Å². The van der Waals surface area contributed by atoms with E-state index in [-0.39, 0.29) is 12.1 Å². The number of anilines is 1. The van der Waals surface area contributed by atoms with E-state index in [9.17, 15) is 9.18 Å². The second-order valence-electron chi connectivity index (χ2n) is 6.11. The number of hydrogen-bond donors (Lipinski definition) is 1. The number of amides is 1. The van der Waals surface area contributed by atoms with Gasteiger partial charge in [-0.15, -0.1) is 0 Å². The molecule has 2 rings (SSSR count). The number of aromatic nitrogens is 2. The monoisotopic (exact) mass is 296 g/mol. The van der Waals surface area contributed by atoms with Gasteiger partial charge in [0.1, 0.15) is 5.60 Å². The van der Waals surface area contributed by atoms with Gasteiger partial charge in [0.25, 0.3) is 0 Å². The third-order valence-electron chi connectivity index (χ3n) is 3.11. The summed E-state index contributed by atoms with van der Waals surface area (Å²) in [6.07, 6.45) is 3.49. The van der Waals surface area contributed by atoms with Crippen molar-refractivity contribution >= 4 is 12.0 Å². The molecule has 1 aliphatic heterocycles. The van der Waals surface area contributed by atoms with Crippen LogP contribution in [0.15, 0.2) is 12.4 Å². The highest BCUT2D eigenvalue weighted by molar-refractivity contribution is 5.68. The predicted octanol–water partition coefficient (Wildman–Crippen LogP) is 2.11. The zero-order chi connectivity index (χ0) is 15.5. The van der Waals surface area contributed by atoms with Crippen molar-refractivity contribution < 1.29 is 13.9 Å². The fourth-order valence-corrected chi connectivity index (χ4v) is 2.17. The van der Waals surface area contributed by atoms with E-state index in [0.717, 1.165) is 25.2 Å². The van der Waals surface area contributed by atoms with E-state index in [4.69, 9.17) is 4.74 Å². The molecule has 1 aliphatic rings. The maximum atomic E-state index is 12.8. The molecular weight excluding hydrogens is 275 g/mol. The number of rotatable bonds is 2. The molecule has 116 valence electrons. The van der Waals surface area contributed by atoms with Crippen molar-refractivity contribution in [3.05, 3.63) is 18.2 Å². The highest BCUT2D eigenvalue weighted by Crippen LogP contribution is 2.16. The van der Waals surface area contributed by atoms with Crippen LogP contribution in [0.5, 0.6) is 0 Å². The van der Waals surface area contributed by atoms with E-state index in [1.54, 1.807) is 0 Å². The number of hydrogen-bond acceptors (Lipinski definition) is 5. The van der Waals surface area contributed by atoms with Gasteiger partial charge in [0, 0.05) is 19.1 Å². The third kappa shape index (κ3) is 4.84. The van der Waals surface area contributed by atoms with Gasteiger partial charge in [0.15, 0.2) is 5.82 Å². The van der Waals surface area contributed by atoms with Crippen LogP contribution in [-0.4, -0.2) is 40.8 Å². The van der Waals surface area contributed by atoms with Gasteiger partial charge in [-0.2, -0.15) is 0 Å². The predicted molar refractivity (Wildman–Crippen MR) is 76.6 cm³/mol. The summed E-state index contributed by atoms with van der Waals surface area (Å²) >= 11 is 0. The van der Waals surface area contributed by atoms with Gasteiger partial charge in [-0.05, 0) is 33.6 Å². The van der Waals surface area contributed by atoms with Crippen molar-refractivity contribution in [2.45, 2.75) is 45.3 Å². The molecular formula is C14H21FN4O2. The zero-order valence-electron chi connectivity index (χ0n) is 12.6. The summed E-state index contributed by atoms with van der Waals surface area (Å²) in [5.41, 5.74) is -0.493. The first kappa shape index (κ1) is 15.5. The Labute approximate surface area is 123 Å². The molecule has 0 radical (unpaired) electrons. The summed E-state index contributed by atoms with van der Waals surface area (Å²) in [6.45, 7) is 6.93. The Balaban J connectivity index is 1.80. The minimum absolute atomic E-state index is 0.0801. The lowest BCUT2D eigenvalue weighted by atomic mass is 10.1. The van der Waals surface area contributed by atoms with Gasteiger partial charge in [0.2, 0.25) is 5.95 Å². The van der Waals surface area contributed by atoms with Crippen LogP contribution in [0.3, 0.4) is 0 Å². The van der Waals surface area contributed by atoms with Crippen LogP contribution in [0.4, 0.5) is 15.1 Å². The molecule has 0 bridgehead atoms. The lowest BCUT2D eigenvalue weighted by molar-refractivity contribution is 0.0497. The largest absolute Gasteiger partial charge is 0.444 e. The summed E-state index contributed by atoms with van der Waals surface area (Å²) in [6, 6.07) is 0.0801. The number of carbonyl (C=O) groups excluding carboxylic acids is 1. The van der Waals surface area contributed by atoms with Crippen molar-refractivity contribution in [2.75, 3.05) is 18.0 Å². The van der Waals surface area contributed by atoms with E-state index >= 15 is 0 Å². The molecule has 0 spiro atoms. The number of alkyl carbamates (subject to hydrolysis) is 1. The van der Waals surface area contributed by atoms with E-state index < -0.39 is 11.4 Å².